The van der Waals surface area contributed by atoms with E-state index in [9.17, 15) is 19.7 Å². The molecule has 112 valence electrons. The van der Waals surface area contributed by atoms with Gasteiger partial charge in [0.15, 0.2) is 0 Å². The number of aromatic nitrogens is 2. The highest BCUT2D eigenvalue weighted by Gasteiger charge is 2.37. The number of nitrogens with two attached hydrogens (primary N) is 1. The fraction of sp³-hybridized carbons (Fsp3) is 0.400. The molecule has 0 aliphatic carbocycles. The second-order valence-electron chi connectivity index (χ2n) is 4.27. The molecule has 0 bridgehead atoms. The summed E-state index contributed by atoms with van der Waals surface area (Å²) in [7, 11) is 0. The van der Waals surface area contributed by atoms with Crippen molar-refractivity contribution in [2.45, 2.75) is 19.4 Å². The molecule has 1 atom stereocenters. The van der Waals surface area contributed by atoms with E-state index in [2.05, 4.69) is 20.7 Å². The summed E-state index contributed by atoms with van der Waals surface area (Å²) >= 11 is 0. The van der Waals surface area contributed by atoms with E-state index in [0.29, 0.717) is 6.42 Å². The molecular formula is C10H13N7O4. The van der Waals surface area contributed by atoms with E-state index in [-0.39, 0.29) is 18.3 Å². The molecule has 1 unspecified atom stereocenters. The summed E-state index contributed by atoms with van der Waals surface area (Å²) in [5, 5.41) is 13.3. The quantitative estimate of drug-likeness (QED) is 0.272. The zero-order chi connectivity index (χ0) is 15.6. The minimum Gasteiger partial charge on any atom is -0.329 e. The molecule has 2 rings (SSSR count). The Kier molecular flexibility index (Phi) is 3.93. The summed E-state index contributed by atoms with van der Waals surface area (Å²) in [5.74, 6) is 3.93. The van der Waals surface area contributed by atoms with E-state index >= 15 is 0 Å². The number of hydrogen-bond donors (Lipinski definition) is 3. The van der Waals surface area contributed by atoms with Crippen molar-refractivity contribution < 1.29 is 14.5 Å². The van der Waals surface area contributed by atoms with Crippen molar-refractivity contribution in [2.75, 3.05) is 16.9 Å². The first-order valence-corrected chi connectivity index (χ1v) is 6.06. The van der Waals surface area contributed by atoms with Crippen molar-refractivity contribution in [1.29, 1.82) is 0 Å². The van der Waals surface area contributed by atoms with Crippen molar-refractivity contribution >= 4 is 29.3 Å². The average Bonchev–Trinajstić information content (AvgIpc) is 2.45. The van der Waals surface area contributed by atoms with Gasteiger partial charge in [-0.05, 0) is 6.42 Å². The molecular weight excluding hydrogens is 282 g/mol. The zero-order valence-electron chi connectivity index (χ0n) is 11.1. The van der Waals surface area contributed by atoms with Gasteiger partial charge in [-0.3, -0.25) is 30.4 Å². The number of nitrogen functional groups attached to an aromatic ring is 1. The van der Waals surface area contributed by atoms with E-state index in [1.165, 1.54) is 4.90 Å². The Bertz CT molecular complexity index is 605. The lowest BCUT2D eigenvalue weighted by atomic mass is 10.1. The third-order valence-electron chi connectivity index (χ3n) is 2.99. The smallest absolute Gasteiger partial charge is 0.329 e. The van der Waals surface area contributed by atoms with Gasteiger partial charge in [-0.15, -0.1) is 0 Å². The fourth-order valence-electron chi connectivity index (χ4n) is 2.07. The van der Waals surface area contributed by atoms with Crippen LogP contribution >= 0.6 is 0 Å². The maximum Gasteiger partial charge on any atom is 0.329 e. The first kappa shape index (κ1) is 14.6. The van der Waals surface area contributed by atoms with E-state index in [4.69, 9.17) is 5.84 Å². The average molecular weight is 295 g/mol. The predicted octanol–water partition coefficient (Wildman–Crippen LogP) is -1.09. The summed E-state index contributed by atoms with van der Waals surface area (Å²) in [6, 6.07) is -0.734. The van der Waals surface area contributed by atoms with Crippen molar-refractivity contribution in [3.63, 3.8) is 0 Å². The van der Waals surface area contributed by atoms with Crippen LogP contribution < -0.4 is 21.5 Å². The Hall–Kier alpha value is -2.82. The van der Waals surface area contributed by atoms with Crippen LogP contribution in [0.4, 0.5) is 17.5 Å². The summed E-state index contributed by atoms with van der Waals surface area (Å²) in [4.78, 5) is 42.6. The van der Waals surface area contributed by atoms with Crippen LogP contribution in [0.3, 0.4) is 0 Å². The fourth-order valence-corrected chi connectivity index (χ4v) is 2.07. The molecule has 1 aliphatic heterocycles. The molecule has 1 aromatic heterocycles. The zero-order valence-corrected chi connectivity index (χ0v) is 11.1. The summed E-state index contributed by atoms with van der Waals surface area (Å²) < 4.78 is 0. The second kappa shape index (κ2) is 5.66. The number of nitrogens with zero attached hydrogens (tertiary/aromatic N) is 4. The lowest BCUT2D eigenvalue weighted by Gasteiger charge is -2.33. The minimum atomic E-state index is -0.734. The van der Waals surface area contributed by atoms with Crippen LogP contribution in [-0.4, -0.2) is 39.3 Å². The lowest BCUT2D eigenvalue weighted by Crippen LogP contribution is -2.58. The number of imide groups is 1. The maximum absolute atomic E-state index is 11.8. The first-order chi connectivity index (χ1) is 9.97. The van der Waals surface area contributed by atoms with E-state index in [1.54, 1.807) is 6.92 Å². The number of carbonyl (C=O) groups is 2. The molecule has 2 heterocycles. The number of hydrazine groups is 1. The Morgan fingerprint density at radius 2 is 2.33 bits per heavy atom. The highest BCUT2D eigenvalue weighted by Crippen LogP contribution is 2.29. The van der Waals surface area contributed by atoms with Crippen molar-refractivity contribution in [3.05, 3.63) is 16.3 Å². The topological polar surface area (TPSA) is 156 Å². The number of hydrogen-bond acceptors (Lipinski definition) is 9. The molecule has 0 spiro atoms. The molecule has 0 aromatic carbocycles. The van der Waals surface area contributed by atoms with Crippen LogP contribution in [0, 0.1) is 10.1 Å². The summed E-state index contributed by atoms with van der Waals surface area (Å²) in [6.45, 7) is 1.51. The van der Waals surface area contributed by atoms with Gasteiger partial charge in [0.25, 0.3) is 0 Å². The van der Waals surface area contributed by atoms with Crippen LogP contribution in [0.15, 0.2) is 6.20 Å². The Morgan fingerprint density at radius 1 is 1.62 bits per heavy atom. The van der Waals surface area contributed by atoms with Gasteiger partial charge >= 0.3 is 5.69 Å². The third-order valence-corrected chi connectivity index (χ3v) is 2.99. The highest BCUT2D eigenvalue weighted by atomic mass is 16.6. The molecule has 1 aliphatic rings. The van der Waals surface area contributed by atoms with Gasteiger partial charge < -0.3 is 4.90 Å². The summed E-state index contributed by atoms with van der Waals surface area (Å²) in [5.41, 5.74) is 1.76. The summed E-state index contributed by atoms with van der Waals surface area (Å²) in [6.07, 6.45) is 1.33. The van der Waals surface area contributed by atoms with Crippen LogP contribution in [0.2, 0.25) is 0 Å². The van der Waals surface area contributed by atoms with Crippen molar-refractivity contribution in [1.82, 2.24) is 15.3 Å². The van der Waals surface area contributed by atoms with E-state index in [1.807, 2.05) is 0 Å². The normalized spacial score (nSPS) is 18.4. The minimum absolute atomic E-state index is 0.0520. The van der Waals surface area contributed by atoms with Gasteiger partial charge in [0.1, 0.15) is 12.2 Å². The van der Waals surface area contributed by atoms with Gasteiger partial charge in [0.2, 0.25) is 23.6 Å². The Morgan fingerprint density at radius 3 is 2.90 bits per heavy atom. The maximum atomic E-state index is 11.8. The monoisotopic (exact) mass is 295 g/mol. The number of rotatable bonds is 4. The van der Waals surface area contributed by atoms with E-state index < -0.39 is 28.5 Å². The Labute approximate surface area is 118 Å². The van der Waals surface area contributed by atoms with Gasteiger partial charge in [-0.1, -0.05) is 6.92 Å². The van der Waals surface area contributed by atoms with Crippen LogP contribution in [0.1, 0.15) is 13.3 Å². The molecule has 0 saturated carbocycles. The molecule has 11 nitrogen and oxygen atoms in total. The lowest BCUT2D eigenvalue weighted by molar-refractivity contribution is -0.384. The molecule has 1 fully saturated rings. The van der Waals surface area contributed by atoms with Gasteiger partial charge in [0, 0.05) is 0 Å². The molecule has 11 heteroatoms. The molecule has 1 saturated heterocycles. The number of nitro groups is 1. The number of carbonyl (C=O) groups excluding carboxylic acids is 2. The molecule has 1 aromatic rings. The van der Waals surface area contributed by atoms with Crippen molar-refractivity contribution in [3.8, 4) is 0 Å². The van der Waals surface area contributed by atoms with Gasteiger partial charge in [-0.25, -0.2) is 10.8 Å². The number of amides is 2. The highest BCUT2D eigenvalue weighted by molar-refractivity contribution is 6.04. The standard InChI is InChI=1S/C10H13N7O4/c1-2-5-9(19)13-7(18)4-16(5)8-6(17(20)21)3-12-10(14-8)15-11/h3,5H,2,4,11H2,1H3,(H,12,14,15)(H,13,18,19). The van der Waals surface area contributed by atoms with E-state index in [0.717, 1.165) is 6.20 Å². The molecule has 4 N–H and O–H groups in total. The third kappa shape index (κ3) is 2.72. The van der Waals surface area contributed by atoms with Gasteiger partial charge in [-0.2, -0.15) is 4.98 Å². The molecule has 2 amide bonds. The second-order valence-corrected chi connectivity index (χ2v) is 4.27. The van der Waals surface area contributed by atoms with Crippen LogP contribution in [-0.2, 0) is 9.59 Å². The molecule has 21 heavy (non-hydrogen) atoms. The Balaban J connectivity index is 2.53. The van der Waals surface area contributed by atoms with Crippen LogP contribution in [0.5, 0.6) is 0 Å². The SMILES string of the molecule is CCC1C(=O)NC(=O)CN1c1nc(NN)ncc1[N+](=O)[O-]. The number of piperazine rings is 1. The number of nitrogens with one attached hydrogen (secondary N) is 2. The largest absolute Gasteiger partial charge is 0.329 e. The van der Waals surface area contributed by atoms with Gasteiger partial charge in [0.05, 0.1) is 11.5 Å². The predicted molar refractivity (Wildman–Crippen MR) is 71.1 cm³/mol. The molecule has 0 radical (unpaired) electrons. The first-order valence-electron chi connectivity index (χ1n) is 6.06. The number of anilines is 2. The van der Waals surface area contributed by atoms with Crippen molar-refractivity contribution in [2.24, 2.45) is 5.84 Å². The van der Waals surface area contributed by atoms with Crippen LogP contribution in [0.25, 0.3) is 0 Å².